The number of pyridine rings is 1. The number of hydrogen-bond donors (Lipinski definition) is 0. The van der Waals surface area contributed by atoms with Crippen molar-refractivity contribution in [2.24, 2.45) is 0 Å². The molecule has 0 bridgehead atoms. The van der Waals surface area contributed by atoms with Crippen LogP contribution in [-0.2, 0) is 0 Å². The molecule has 4 heteroatoms. The predicted molar refractivity (Wildman–Crippen MR) is 238 cm³/mol. The number of para-hydroxylation sites is 4. The molecule has 0 aliphatic heterocycles. The average molecular weight is 732 g/mol. The molecule has 0 amide bonds. The predicted octanol–water partition coefficient (Wildman–Crippen LogP) is 13.7. The summed E-state index contributed by atoms with van der Waals surface area (Å²) >= 11 is 0. The lowest BCUT2D eigenvalue weighted by atomic mass is 10.0. The minimum Gasteiger partial charge on any atom is -0.309 e. The van der Waals surface area contributed by atoms with Crippen molar-refractivity contribution in [1.82, 2.24) is 18.7 Å². The molecule has 0 spiro atoms. The molecule has 266 valence electrons. The number of fused-ring (bicyclic) bond motifs is 9. The summed E-state index contributed by atoms with van der Waals surface area (Å²) < 4.78 is 48.7. The van der Waals surface area contributed by atoms with Gasteiger partial charge < -0.3 is 13.7 Å². The van der Waals surface area contributed by atoms with E-state index in [0.717, 1.165) is 44.5 Å². The number of nitrogens with zero attached hydrogens (tertiary/aromatic N) is 4. The second-order valence-electron chi connectivity index (χ2n) is 14.5. The smallest absolute Gasteiger partial charge is 0.0963 e. The maximum absolute atomic E-state index is 8.73. The summed E-state index contributed by atoms with van der Waals surface area (Å²) in [6.45, 7) is 0. The van der Waals surface area contributed by atoms with Gasteiger partial charge in [-0.3, -0.25) is 4.98 Å². The van der Waals surface area contributed by atoms with Gasteiger partial charge in [-0.15, -0.1) is 0 Å². The van der Waals surface area contributed by atoms with E-state index in [1.807, 2.05) is 18.2 Å². The molecule has 0 aliphatic carbocycles. The lowest BCUT2D eigenvalue weighted by Gasteiger charge is -2.11. The normalized spacial score (nSPS) is 13.1. The van der Waals surface area contributed by atoms with Crippen molar-refractivity contribution in [3.63, 3.8) is 0 Å². The minimum absolute atomic E-state index is 0.104. The quantitative estimate of drug-likeness (QED) is 0.173. The highest BCUT2D eigenvalue weighted by Gasteiger charge is 2.17. The molecule has 57 heavy (non-hydrogen) atoms. The molecular formula is C53H34N4. The summed E-state index contributed by atoms with van der Waals surface area (Å²) in [5.74, 6) is 0. The zero-order valence-corrected chi connectivity index (χ0v) is 30.5. The van der Waals surface area contributed by atoms with E-state index in [0.29, 0.717) is 16.6 Å². The number of aromatic nitrogens is 4. The van der Waals surface area contributed by atoms with Crippen molar-refractivity contribution in [3.8, 4) is 39.3 Å². The van der Waals surface area contributed by atoms with Crippen LogP contribution in [0.5, 0.6) is 0 Å². The third-order valence-electron chi connectivity index (χ3n) is 11.4. The summed E-state index contributed by atoms with van der Waals surface area (Å²) in [6, 6.07) is 58.0. The second kappa shape index (κ2) is 12.4. The topological polar surface area (TPSA) is 27.7 Å². The Morgan fingerprint density at radius 2 is 0.789 bits per heavy atom. The van der Waals surface area contributed by atoms with Crippen LogP contribution in [0, 0.1) is 0 Å². The van der Waals surface area contributed by atoms with Crippen molar-refractivity contribution < 1.29 is 6.85 Å². The van der Waals surface area contributed by atoms with E-state index in [4.69, 9.17) is 11.8 Å². The van der Waals surface area contributed by atoms with E-state index < -0.39 is 6.04 Å². The van der Waals surface area contributed by atoms with Crippen LogP contribution in [0.1, 0.15) is 6.85 Å². The first-order valence-corrected chi connectivity index (χ1v) is 19.1. The Kier molecular flexibility index (Phi) is 5.88. The Morgan fingerprint density at radius 1 is 0.333 bits per heavy atom. The fraction of sp³-hybridized carbons (Fsp3) is 0. The molecule has 0 N–H and O–H groups in total. The fourth-order valence-electron chi connectivity index (χ4n) is 8.85. The minimum atomic E-state index is -0.420. The van der Waals surface area contributed by atoms with Gasteiger partial charge in [0.2, 0.25) is 0 Å². The molecule has 4 nitrogen and oxygen atoms in total. The van der Waals surface area contributed by atoms with Gasteiger partial charge >= 0.3 is 0 Å². The SMILES string of the molecule is [2H]c1c([2H])c([2H])c(-n2c3ccc(-c4ccc(-n5c6ccccc6c6cc(-c7ccc8c(c7)c7ccccc7n8-c7ccccc7)ccc65)cc4)cc3c3ncccc32)c([2H])c1[2H]. The summed E-state index contributed by atoms with van der Waals surface area (Å²) in [5, 5.41) is 5.64. The number of benzene rings is 8. The van der Waals surface area contributed by atoms with Gasteiger partial charge in [-0.05, 0) is 119 Å². The third kappa shape index (κ3) is 4.84. The van der Waals surface area contributed by atoms with Gasteiger partial charge in [0.15, 0.2) is 0 Å². The van der Waals surface area contributed by atoms with Gasteiger partial charge in [-0.25, -0.2) is 0 Å². The Hall–Kier alpha value is -7.69. The zero-order chi connectivity index (χ0) is 41.8. The Morgan fingerprint density at radius 3 is 1.42 bits per heavy atom. The zero-order valence-electron chi connectivity index (χ0n) is 35.5. The summed E-state index contributed by atoms with van der Waals surface area (Å²) in [7, 11) is 0. The molecule has 0 aliphatic rings. The first-order chi connectivity index (χ1) is 30.4. The molecule has 8 aromatic carbocycles. The lowest BCUT2D eigenvalue weighted by Crippen LogP contribution is -1.94. The summed E-state index contributed by atoms with van der Waals surface area (Å²) in [6.07, 6.45) is 1.72. The highest BCUT2D eigenvalue weighted by molar-refractivity contribution is 6.13. The van der Waals surface area contributed by atoms with Crippen LogP contribution in [0.15, 0.2) is 206 Å². The molecule has 0 unspecified atom stereocenters. The van der Waals surface area contributed by atoms with Crippen LogP contribution in [0.25, 0.3) is 105 Å². The first-order valence-electron chi connectivity index (χ1n) is 21.6. The van der Waals surface area contributed by atoms with Gasteiger partial charge in [0, 0.05) is 50.2 Å². The van der Waals surface area contributed by atoms with E-state index in [1.54, 1.807) is 16.8 Å². The van der Waals surface area contributed by atoms with Gasteiger partial charge in [-0.2, -0.15) is 0 Å². The van der Waals surface area contributed by atoms with E-state index in [-0.39, 0.29) is 29.9 Å². The maximum Gasteiger partial charge on any atom is 0.0963 e. The van der Waals surface area contributed by atoms with Crippen molar-refractivity contribution >= 4 is 65.5 Å². The van der Waals surface area contributed by atoms with E-state index >= 15 is 0 Å². The number of rotatable bonds is 5. The lowest BCUT2D eigenvalue weighted by molar-refractivity contribution is 1.17. The van der Waals surface area contributed by atoms with Crippen molar-refractivity contribution in [1.29, 1.82) is 0 Å². The van der Waals surface area contributed by atoms with Crippen LogP contribution >= 0.6 is 0 Å². The van der Waals surface area contributed by atoms with Crippen LogP contribution in [0.4, 0.5) is 0 Å². The Bertz CT molecular complexity index is 3780. The molecule has 0 fully saturated rings. The molecule has 0 radical (unpaired) electrons. The standard InChI is InChI=1S/C53H34N4/c1-3-12-39(13-4-1)55-47-18-9-7-16-42(47)44-32-37(24-28-49(44)55)38-25-29-50-45(33-38)43-17-8-10-19-48(43)56(50)41-26-21-35(22-27-41)36-23-30-51-46(34-36)53-52(20-11-31-54-53)57(51)40-14-5-2-6-15-40/h1-34H/i2D,5D,6D,14D,15D. The molecule has 4 heterocycles. The molecular weight excluding hydrogens is 693 g/mol. The Labute approximate surface area is 335 Å². The monoisotopic (exact) mass is 731 g/mol. The van der Waals surface area contributed by atoms with Gasteiger partial charge in [0.25, 0.3) is 0 Å². The van der Waals surface area contributed by atoms with Crippen molar-refractivity contribution in [2.45, 2.75) is 0 Å². The largest absolute Gasteiger partial charge is 0.309 e. The van der Waals surface area contributed by atoms with Crippen molar-refractivity contribution in [2.75, 3.05) is 0 Å². The summed E-state index contributed by atoms with van der Waals surface area (Å²) in [4.78, 5) is 4.70. The molecule has 0 saturated heterocycles. The van der Waals surface area contributed by atoms with Gasteiger partial charge in [-0.1, -0.05) is 103 Å². The number of hydrogen-bond acceptors (Lipinski definition) is 1. The van der Waals surface area contributed by atoms with Crippen molar-refractivity contribution in [3.05, 3.63) is 206 Å². The fourth-order valence-corrected chi connectivity index (χ4v) is 8.85. The summed E-state index contributed by atoms with van der Waals surface area (Å²) in [5.41, 5.74) is 13.3. The van der Waals surface area contributed by atoms with Gasteiger partial charge in [0.1, 0.15) is 0 Å². The van der Waals surface area contributed by atoms with Crippen LogP contribution < -0.4 is 0 Å². The average Bonchev–Trinajstić information content (AvgIpc) is 3.96. The van der Waals surface area contributed by atoms with Crippen LogP contribution in [0.2, 0.25) is 0 Å². The molecule has 0 atom stereocenters. The molecule has 12 aromatic rings. The second-order valence-corrected chi connectivity index (χ2v) is 14.5. The van der Waals surface area contributed by atoms with E-state index in [9.17, 15) is 0 Å². The molecule has 4 aromatic heterocycles. The first kappa shape index (κ1) is 27.0. The maximum atomic E-state index is 8.73. The van der Waals surface area contributed by atoms with Gasteiger partial charge in [0.05, 0.1) is 45.5 Å². The van der Waals surface area contributed by atoms with Crippen LogP contribution in [0.3, 0.4) is 0 Å². The Balaban J connectivity index is 0.946. The third-order valence-corrected chi connectivity index (χ3v) is 11.4. The molecule has 12 rings (SSSR count). The molecule has 0 saturated carbocycles. The highest BCUT2D eigenvalue weighted by atomic mass is 15.0. The van der Waals surface area contributed by atoms with E-state index in [1.165, 1.54) is 38.1 Å². The van der Waals surface area contributed by atoms with Crippen LogP contribution in [-0.4, -0.2) is 18.7 Å². The van der Waals surface area contributed by atoms with E-state index in [2.05, 4.69) is 155 Å². The highest BCUT2D eigenvalue weighted by Crippen LogP contribution is 2.39.